The van der Waals surface area contributed by atoms with Crippen molar-refractivity contribution in [1.29, 1.82) is 0 Å². The Labute approximate surface area is 207 Å². The fourth-order valence-corrected chi connectivity index (χ4v) is 5.20. The Kier molecular flexibility index (Phi) is 7.24. The van der Waals surface area contributed by atoms with E-state index in [4.69, 9.17) is 23.2 Å². The number of hydrogen-bond acceptors (Lipinski definition) is 5. The third-order valence-electron chi connectivity index (χ3n) is 6.58. The molecule has 2 aromatic rings. The molecule has 2 aliphatic rings. The number of anilines is 1. The smallest absolute Gasteiger partial charge is 0.326 e. The highest BCUT2D eigenvalue weighted by atomic mass is 35.5. The number of pyridine rings is 1. The van der Waals surface area contributed by atoms with E-state index < -0.39 is 23.3 Å². The first-order chi connectivity index (χ1) is 16.3. The summed E-state index contributed by atoms with van der Waals surface area (Å²) in [5, 5.41) is 16.0. The van der Waals surface area contributed by atoms with Crippen molar-refractivity contribution in [3.8, 4) is 0 Å². The van der Waals surface area contributed by atoms with Crippen LogP contribution in [0.4, 0.5) is 5.69 Å². The quantitative estimate of drug-likeness (QED) is 0.490. The number of nitrogens with zero attached hydrogens (tertiary/aromatic N) is 1. The van der Waals surface area contributed by atoms with Gasteiger partial charge in [-0.1, -0.05) is 61.0 Å². The molecular weight excluding hydrogens is 477 g/mol. The third-order valence-corrected chi connectivity index (χ3v) is 7.15. The van der Waals surface area contributed by atoms with Crippen LogP contribution in [0.5, 0.6) is 0 Å². The second kappa shape index (κ2) is 10.2. The van der Waals surface area contributed by atoms with Crippen LogP contribution in [0, 0.1) is 5.41 Å². The largest absolute Gasteiger partial charge is 0.480 e. The number of carboxylic acids is 1. The summed E-state index contributed by atoms with van der Waals surface area (Å²) in [4.78, 5) is 40.8. The minimum absolute atomic E-state index is 0.107. The molecule has 34 heavy (non-hydrogen) atoms. The number of nitrogens with one attached hydrogen (secondary N) is 2. The molecule has 0 aliphatic heterocycles. The molecule has 4 rings (SSSR count). The van der Waals surface area contributed by atoms with Crippen LogP contribution in [0.15, 0.2) is 48.4 Å². The fraction of sp³-hybridized carbons (Fsp3) is 0.360. The number of carbonyl (C=O) groups excluding carboxylic acids is 2. The monoisotopic (exact) mass is 501 g/mol. The Morgan fingerprint density at radius 2 is 1.65 bits per heavy atom. The molecule has 7 nitrogen and oxygen atoms in total. The summed E-state index contributed by atoms with van der Waals surface area (Å²) in [6, 6.07) is 6.02. The van der Waals surface area contributed by atoms with Crippen LogP contribution in [0.25, 0.3) is 0 Å². The zero-order valence-electron chi connectivity index (χ0n) is 18.4. The van der Waals surface area contributed by atoms with E-state index in [2.05, 4.69) is 15.6 Å². The predicted molar refractivity (Wildman–Crippen MR) is 130 cm³/mol. The van der Waals surface area contributed by atoms with Crippen molar-refractivity contribution in [2.24, 2.45) is 5.41 Å². The van der Waals surface area contributed by atoms with Crippen LogP contribution in [-0.4, -0.2) is 33.8 Å². The summed E-state index contributed by atoms with van der Waals surface area (Å²) in [5.74, 6) is -1.34. The number of hydrogen-bond donors (Lipinski definition) is 3. The lowest BCUT2D eigenvalue weighted by Gasteiger charge is -2.41. The first-order valence-corrected chi connectivity index (χ1v) is 12.0. The van der Waals surface area contributed by atoms with E-state index in [1.807, 2.05) is 0 Å². The first-order valence-electron chi connectivity index (χ1n) is 11.3. The number of aliphatic carboxylic acids is 1. The van der Waals surface area contributed by atoms with Crippen LogP contribution >= 0.6 is 23.2 Å². The molecular formula is C25H25Cl2N3O4. The molecule has 0 saturated heterocycles. The summed E-state index contributed by atoms with van der Waals surface area (Å²) in [7, 11) is 0. The molecule has 1 spiro atoms. The maximum absolute atomic E-state index is 12.5. The van der Waals surface area contributed by atoms with Crippen LogP contribution in [-0.2, 0) is 16.0 Å². The topological polar surface area (TPSA) is 108 Å². The molecule has 1 heterocycles. The second-order valence-electron chi connectivity index (χ2n) is 8.79. The minimum atomic E-state index is -0.983. The van der Waals surface area contributed by atoms with E-state index in [1.54, 1.807) is 30.3 Å². The average molecular weight is 502 g/mol. The Hall–Kier alpha value is -2.90. The Balaban J connectivity index is 1.42. The summed E-state index contributed by atoms with van der Waals surface area (Å²) in [6.45, 7) is 0. The van der Waals surface area contributed by atoms with Gasteiger partial charge in [0, 0.05) is 36.3 Å². The molecule has 1 saturated carbocycles. The van der Waals surface area contributed by atoms with E-state index in [0.717, 1.165) is 49.8 Å². The highest BCUT2D eigenvalue weighted by molar-refractivity contribution is 6.40. The number of ketones is 1. The van der Waals surface area contributed by atoms with Crippen LogP contribution in [0.3, 0.4) is 0 Å². The van der Waals surface area contributed by atoms with Crippen molar-refractivity contribution < 1.29 is 19.5 Å². The summed E-state index contributed by atoms with van der Waals surface area (Å²) < 4.78 is 0. The molecule has 1 fully saturated rings. The average Bonchev–Trinajstić information content (AvgIpc) is 3.08. The minimum Gasteiger partial charge on any atom is -0.480 e. The van der Waals surface area contributed by atoms with E-state index in [9.17, 15) is 19.5 Å². The maximum Gasteiger partial charge on any atom is 0.326 e. The number of allylic oxidation sites excluding steroid dienone is 2. The van der Waals surface area contributed by atoms with E-state index in [0.29, 0.717) is 5.69 Å². The van der Waals surface area contributed by atoms with Gasteiger partial charge in [-0.05, 0) is 30.5 Å². The molecule has 178 valence electrons. The highest BCUT2D eigenvalue weighted by Crippen LogP contribution is 2.47. The van der Waals surface area contributed by atoms with Gasteiger partial charge < -0.3 is 15.7 Å². The zero-order chi connectivity index (χ0) is 24.3. The molecule has 2 aliphatic carbocycles. The van der Waals surface area contributed by atoms with Gasteiger partial charge in [-0.3, -0.25) is 14.6 Å². The number of halogens is 2. The number of benzene rings is 1. The SMILES string of the molecule is O=C(Nc1ccc(CC(NC2=CC(=O)C23CCCCCC3)C(=O)O)cc1)c1c(Cl)cncc1Cl. The Bertz CT molecular complexity index is 1120. The van der Waals surface area contributed by atoms with Crippen molar-refractivity contribution in [2.75, 3.05) is 5.32 Å². The Morgan fingerprint density at radius 3 is 2.21 bits per heavy atom. The van der Waals surface area contributed by atoms with Crippen molar-refractivity contribution in [1.82, 2.24) is 10.3 Å². The molecule has 1 unspecified atom stereocenters. The molecule has 0 bridgehead atoms. The molecule has 3 N–H and O–H groups in total. The van der Waals surface area contributed by atoms with Gasteiger partial charge in [-0.25, -0.2) is 4.79 Å². The van der Waals surface area contributed by atoms with Crippen molar-refractivity contribution >= 4 is 46.5 Å². The summed E-state index contributed by atoms with van der Waals surface area (Å²) in [5.41, 5.74) is 1.64. The highest BCUT2D eigenvalue weighted by Gasteiger charge is 2.48. The van der Waals surface area contributed by atoms with Gasteiger partial charge in [0.05, 0.1) is 21.0 Å². The fourth-order valence-electron chi connectivity index (χ4n) is 4.66. The molecule has 1 aromatic heterocycles. The summed E-state index contributed by atoms with van der Waals surface area (Å²) >= 11 is 12.1. The van der Waals surface area contributed by atoms with Gasteiger partial charge in [0.1, 0.15) is 6.04 Å². The number of aromatic nitrogens is 1. The molecule has 1 amide bonds. The predicted octanol–water partition coefficient (Wildman–Crippen LogP) is 5.03. The number of amides is 1. The van der Waals surface area contributed by atoms with Gasteiger partial charge in [-0.2, -0.15) is 0 Å². The van der Waals surface area contributed by atoms with Gasteiger partial charge >= 0.3 is 5.97 Å². The molecule has 1 aromatic carbocycles. The lowest BCUT2D eigenvalue weighted by molar-refractivity contribution is -0.140. The number of carboxylic acid groups (broad SMARTS) is 1. The number of carbonyl (C=O) groups is 3. The van der Waals surface area contributed by atoms with Gasteiger partial charge in [0.2, 0.25) is 0 Å². The van der Waals surface area contributed by atoms with Gasteiger partial charge in [-0.15, -0.1) is 0 Å². The van der Waals surface area contributed by atoms with Gasteiger partial charge in [0.25, 0.3) is 5.91 Å². The van der Waals surface area contributed by atoms with Crippen LogP contribution < -0.4 is 10.6 Å². The van der Waals surface area contributed by atoms with Crippen LogP contribution in [0.1, 0.15) is 54.4 Å². The zero-order valence-corrected chi connectivity index (χ0v) is 20.0. The van der Waals surface area contributed by atoms with E-state index in [1.165, 1.54) is 12.4 Å². The van der Waals surface area contributed by atoms with Crippen LogP contribution in [0.2, 0.25) is 10.0 Å². The standard InChI is InChI=1S/C25H25Cl2N3O4/c26-17-13-28-14-18(27)22(17)23(32)29-16-7-5-15(6-8-16)11-19(24(33)34)30-20-12-21(31)25(20)9-3-1-2-4-10-25/h5-8,12-14,19,30H,1-4,9-11H2,(H,29,32)(H,33,34). The van der Waals surface area contributed by atoms with E-state index in [-0.39, 0.29) is 27.8 Å². The lowest BCUT2D eigenvalue weighted by atomic mass is 9.66. The van der Waals surface area contributed by atoms with Crippen molar-refractivity contribution in [3.05, 3.63) is 69.6 Å². The van der Waals surface area contributed by atoms with Gasteiger partial charge in [0.15, 0.2) is 5.78 Å². The van der Waals surface area contributed by atoms with E-state index >= 15 is 0 Å². The lowest BCUT2D eigenvalue weighted by Crippen LogP contribution is -2.50. The first kappa shape index (κ1) is 24.2. The maximum atomic E-state index is 12.5. The van der Waals surface area contributed by atoms with Crippen molar-refractivity contribution in [2.45, 2.75) is 51.0 Å². The summed E-state index contributed by atoms with van der Waals surface area (Å²) in [6.07, 6.45) is 10.2. The number of rotatable bonds is 7. The third kappa shape index (κ3) is 4.95. The normalized spacial score (nSPS) is 17.8. The van der Waals surface area contributed by atoms with Crippen molar-refractivity contribution in [3.63, 3.8) is 0 Å². The second-order valence-corrected chi connectivity index (χ2v) is 9.60. The molecule has 0 radical (unpaired) electrons. The Morgan fingerprint density at radius 1 is 1.03 bits per heavy atom. The molecule has 1 atom stereocenters. The molecule has 9 heteroatoms.